The normalized spacial score (nSPS) is 20.1. The highest BCUT2D eigenvalue weighted by Crippen LogP contribution is 2.24. The predicted octanol–water partition coefficient (Wildman–Crippen LogP) is 3.04. The van der Waals surface area contributed by atoms with Gasteiger partial charge in [0, 0.05) is 39.1 Å². The van der Waals surface area contributed by atoms with Gasteiger partial charge in [-0.15, -0.1) is 0 Å². The maximum Gasteiger partial charge on any atom is 0.260 e. The Kier molecular flexibility index (Phi) is 6.05. The number of ether oxygens (including phenoxy) is 1. The molecule has 1 N–H and O–H groups in total. The molecule has 0 radical (unpaired) electrons. The van der Waals surface area contributed by atoms with Crippen LogP contribution in [0.4, 0.5) is 0 Å². The van der Waals surface area contributed by atoms with Crippen LogP contribution >= 0.6 is 0 Å². The Morgan fingerprint density at radius 3 is 2.78 bits per heavy atom. The lowest BCUT2D eigenvalue weighted by Crippen LogP contribution is -2.40. The molecule has 0 aromatic carbocycles. The maximum atomic E-state index is 13.0. The highest BCUT2D eigenvalue weighted by Gasteiger charge is 2.26. The van der Waals surface area contributed by atoms with E-state index in [2.05, 4.69) is 12.2 Å². The molecule has 6 heteroatoms. The lowest BCUT2D eigenvalue weighted by atomic mass is 9.92. The third-order valence-electron chi connectivity index (χ3n) is 5.53. The third kappa shape index (κ3) is 4.10. The van der Waals surface area contributed by atoms with Crippen LogP contribution in [0.5, 0.6) is 0 Å². The molecule has 6 nitrogen and oxygen atoms in total. The number of hydrogen-bond donors (Lipinski definition) is 1. The Bertz CT molecular complexity index is 881. The average molecular weight is 373 g/mol. The van der Waals surface area contributed by atoms with E-state index < -0.39 is 0 Å². The number of nitrogens with one attached hydrogen (secondary N) is 1. The number of fused-ring (bicyclic) bond motifs is 1. The molecule has 1 aliphatic rings. The standard InChI is InChI=1S/C21H31N3O3/c1-5-6-10-27-16-9-7-8-15(11-16)22-20(25)17-13-23(3)19-14(2)12-24(4)21(26)18(17)19/h12-13,15-16H,5-11H2,1-4H3,(H,22,25). The first kappa shape index (κ1) is 19.7. The summed E-state index contributed by atoms with van der Waals surface area (Å²) in [7, 11) is 3.60. The van der Waals surface area contributed by atoms with Crippen molar-refractivity contribution in [2.75, 3.05) is 6.61 Å². The van der Waals surface area contributed by atoms with Crippen molar-refractivity contribution in [3.63, 3.8) is 0 Å². The molecule has 0 bridgehead atoms. The van der Waals surface area contributed by atoms with Gasteiger partial charge in [-0.25, -0.2) is 0 Å². The minimum atomic E-state index is -0.164. The summed E-state index contributed by atoms with van der Waals surface area (Å²) in [6.45, 7) is 4.91. The minimum Gasteiger partial charge on any atom is -0.378 e. The molecule has 1 aliphatic carbocycles. The van der Waals surface area contributed by atoms with Gasteiger partial charge in [-0.3, -0.25) is 9.59 Å². The fraction of sp³-hybridized carbons (Fsp3) is 0.619. The molecule has 1 fully saturated rings. The summed E-state index contributed by atoms with van der Waals surface area (Å²) in [5, 5.41) is 3.65. The lowest BCUT2D eigenvalue weighted by molar-refractivity contribution is 0.0183. The van der Waals surface area contributed by atoms with Gasteiger partial charge >= 0.3 is 0 Å². The maximum absolute atomic E-state index is 13.0. The fourth-order valence-electron chi connectivity index (χ4n) is 4.16. The van der Waals surface area contributed by atoms with Gasteiger partial charge in [0.2, 0.25) is 0 Å². The van der Waals surface area contributed by atoms with Gasteiger partial charge in [0.1, 0.15) is 0 Å². The molecule has 1 saturated carbocycles. The molecule has 3 rings (SSSR count). The van der Waals surface area contributed by atoms with Crippen LogP contribution in [0.15, 0.2) is 17.2 Å². The summed E-state index contributed by atoms with van der Waals surface area (Å²) in [5.41, 5.74) is 2.14. The summed E-state index contributed by atoms with van der Waals surface area (Å²) in [6.07, 6.45) is 9.92. The van der Waals surface area contributed by atoms with Crippen molar-refractivity contribution < 1.29 is 9.53 Å². The zero-order valence-electron chi connectivity index (χ0n) is 16.9. The Morgan fingerprint density at radius 2 is 2.04 bits per heavy atom. The summed E-state index contributed by atoms with van der Waals surface area (Å²) in [5.74, 6) is -0.164. The number of carbonyl (C=O) groups is 1. The summed E-state index contributed by atoms with van der Waals surface area (Å²) in [4.78, 5) is 25.6. The summed E-state index contributed by atoms with van der Waals surface area (Å²) >= 11 is 0. The van der Waals surface area contributed by atoms with Gasteiger partial charge in [0.15, 0.2) is 0 Å². The molecule has 1 amide bonds. The van der Waals surface area contributed by atoms with Crippen LogP contribution in [-0.2, 0) is 18.8 Å². The number of pyridine rings is 1. The molecule has 2 heterocycles. The molecule has 2 aromatic rings. The molecule has 0 spiro atoms. The molecule has 2 aromatic heterocycles. The largest absolute Gasteiger partial charge is 0.378 e. The minimum absolute atomic E-state index is 0.0989. The molecule has 0 saturated heterocycles. The van der Waals surface area contributed by atoms with Gasteiger partial charge in [-0.05, 0) is 44.6 Å². The number of nitrogens with zero attached hydrogens (tertiary/aromatic N) is 2. The quantitative estimate of drug-likeness (QED) is 0.792. The first-order valence-electron chi connectivity index (χ1n) is 10.00. The number of carbonyl (C=O) groups excluding carboxylic acids is 1. The number of amides is 1. The first-order valence-corrected chi connectivity index (χ1v) is 10.00. The monoisotopic (exact) mass is 373 g/mol. The van der Waals surface area contributed by atoms with E-state index in [1.54, 1.807) is 17.8 Å². The summed E-state index contributed by atoms with van der Waals surface area (Å²) in [6, 6.07) is 0.0989. The smallest absolute Gasteiger partial charge is 0.260 e. The number of aromatic nitrogens is 2. The van der Waals surface area contributed by atoms with E-state index in [0.29, 0.717) is 10.9 Å². The third-order valence-corrected chi connectivity index (χ3v) is 5.53. The van der Waals surface area contributed by atoms with Crippen molar-refractivity contribution in [1.82, 2.24) is 14.5 Å². The van der Waals surface area contributed by atoms with Crippen molar-refractivity contribution in [1.29, 1.82) is 0 Å². The Hall–Kier alpha value is -2.08. The molecular formula is C21H31N3O3. The fourth-order valence-corrected chi connectivity index (χ4v) is 4.16. The molecular weight excluding hydrogens is 342 g/mol. The molecule has 2 atom stereocenters. The summed E-state index contributed by atoms with van der Waals surface area (Å²) < 4.78 is 9.38. The van der Waals surface area contributed by atoms with Crippen LogP contribution in [-0.4, -0.2) is 33.8 Å². The predicted molar refractivity (Wildman–Crippen MR) is 107 cm³/mol. The van der Waals surface area contributed by atoms with Crippen LogP contribution in [0, 0.1) is 6.92 Å². The number of hydrogen-bond acceptors (Lipinski definition) is 3. The average Bonchev–Trinajstić information content (AvgIpc) is 2.98. The van der Waals surface area contributed by atoms with Crippen molar-refractivity contribution in [3.8, 4) is 0 Å². The molecule has 27 heavy (non-hydrogen) atoms. The van der Waals surface area contributed by atoms with E-state index in [-0.39, 0.29) is 23.6 Å². The van der Waals surface area contributed by atoms with Crippen LogP contribution in [0.25, 0.3) is 10.9 Å². The zero-order chi connectivity index (χ0) is 19.6. The second-order valence-corrected chi connectivity index (χ2v) is 7.79. The highest BCUT2D eigenvalue weighted by molar-refractivity contribution is 6.07. The SMILES string of the molecule is CCCCOC1CCCC(NC(=O)c2cn(C)c3c(C)cn(C)c(=O)c23)C1. The second-order valence-electron chi connectivity index (χ2n) is 7.79. The molecule has 148 valence electrons. The second kappa shape index (κ2) is 8.30. The van der Waals surface area contributed by atoms with Gasteiger partial charge in [0.05, 0.1) is 22.6 Å². The topological polar surface area (TPSA) is 65.3 Å². The first-order chi connectivity index (χ1) is 12.9. The van der Waals surface area contributed by atoms with Crippen molar-refractivity contribution in [2.24, 2.45) is 14.1 Å². The molecule has 0 aliphatic heterocycles. The van der Waals surface area contributed by atoms with E-state index in [1.165, 1.54) is 0 Å². The van der Waals surface area contributed by atoms with Crippen molar-refractivity contribution in [2.45, 2.75) is 64.5 Å². The van der Waals surface area contributed by atoms with E-state index in [1.807, 2.05) is 24.7 Å². The van der Waals surface area contributed by atoms with Gasteiger partial charge in [-0.1, -0.05) is 13.3 Å². The highest BCUT2D eigenvalue weighted by atomic mass is 16.5. The number of rotatable bonds is 6. The number of aryl methyl sites for hydroxylation is 3. The van der Waals surface area contributed by atoms with Gasteiger partial charge in [0.25, 0.3) is 11.5 Å². The van der Waals surface area contributed by atoms with E-state index in [9.17, 15) is 9.59 Å². The van der Waals surface area contributed by atoms with E-state index in [0.717, 1.165) is 56.2 Å². The number of unbranched alkanes of at least 4 members (excludes halogenated alkanes) is 1. The Morgan fingerprint density at radius 1 is 1.26 bits per heavy atom. The van der Waals surface area contributed by atoms with Crippen LogP contribution < -0.4 is 10.9 Å². The van der Waals surface area contributed by atoms with Crippen molar-refractivity contribution in [3.05, 3.63) is 33.9 Å². The van der Waals surface area contributed by atoms with Crippen LogP contribution in [0.1, 0.15) is 61.4 Å². The van der Waals surface area contributed by atoms with Crippen LogP contribution in [0.2, 0.25) is 0 Å². The Labute approximate surface area is 160 Å². The van der Waals surface area contributed by atoms with Gasteiger partial charge in [-0.2, -0.15) is 0 Å². The molecule has 2 unspecified atom stereocenters. The van der Waals surface area contributed by atoms with Crippen LogP contribution in [0.3, 0.4) is 0 Å². The van der Waals surface area contributed by atoms with E-state index >= 15 is 0 Å². The van der Waals surface area contributed by atoms with Gasteiger partial charge < -0.3 is 19.2 Å². The van der Waals surface area contributed by atoms with E-state index in [4.69, 9.17) is 4.74 Å². The zero-order valence-corrected chi connectivity index (χ0v) is 16.9. The Balaban J connectivity index is 1.78. The lowest BCUT2D eigenvalue weighted by Gasteiger charge is -2.29. The van der Waals surface area contributed by atoms with Crippen molar-refractivity contribution >= 4 is 16.8 Å².